The van der Waals surface area contributed by atoms with Crippen LogP contribution in [-0.4, -0.2) is 40.4 Å². The molecule has 0 saturated carbocycles. The molecule has 0 aliphatic rings. The lowest BCUT2D eigenvalue weighted by atomic mass is 9.95. The van der Waals surface area contributed by atoms with E-state index < -0.39 is 34.8 Å². The van der Waals surface area contributed by atoms with Gasteiger partial charge in [-0.2, -0.15) is 0 Å². The predicted octanol–water partition coefficient (Wildman–Crippen LogP) is 5.12. The average Bonchev–Trinajstić information content (AvgIpc) is 2.80. The van der Waals surface area contributed by atoms with Crippen LogP contribution >= 0.6 is 11.8 Å². The van der Waals surface area contributed by atoms with E-state index in [0.717, 1.165) is 41.1 Å². The molecule has 0 unspecified atom stereocenters. The lowest BCUT2D eigenvalue weighted by Crippen LogP contribution is -2.19. The van der Waals surface area contributed by atoms with Gasteiger partial charge in [0.1, 0.15) is 0 Å². The second-order valence-electron chi connectivity index (χ2n) is 7.25. The summed E-state index contributed by atoms with van der Waals surface area (Å²) in [6, 6.07) is 16.8. The number of benzene rings is 3. The van der Waals surface area contributed by atoms with Gasteiger partial charge in [-0.25, -0.2) is 9.59 Å². The normalized spacial score (nSPS) is 10.4. The standard InChI is InChI=1S/C25H22N2O6S/c1-3-26-15-4-8-17(9-5-15)34-18-10-6-16(7-11-18)27-23(29)20-12-19(14(2)28)21(24(30)31)13-22(20)25(32)33/h4-13,26H,3H2,1-2H3,(H,27,29)(H,30,31)(H,32,33). The third kappa shape index (κ3) is 5.81. The number of aromatic carboxylic acids is 2. The molecule has 0 aromatic heterocycles. The average molecular weight is 479 g/mol. The largest absolute Gasteiger partial charge is 0.478 e. The maximum Gasteiger partial charge on any atom is 0.336 e. The monoisotopic (exact) mass is 478 g/mol. The van der Waals surface area contributed by atoms with Crippen LogP contribution in [0.3, 0.4) is 0 Å². The minimum absolute atomic E-state index is 0.241. The van der Waals surface area contributed by atoms with E-state index in [1.54, 1.807) is 23.9 Å². The first-order valence-electron chi connectivity index (χ1n) is 10.3. The molecule has 9 heteroatoms. The summed E-state index contributed by atoms with van der Waals surface area (Å²) in [6.45, 7) is 4.01. The molecule has 3 aromatic carbocycles. The molecule has 0 fully saturated rings. The highest BCUT2D eigenvalue weighted by Crippen LogP contribution is 2.29. The second-order valence-corrected chi connectivity index (χ2v) is 8.39. The van der Waals surface area contributed by atoms with Crippen molar-refractivity contribution in [3.8, 4) is 0 Å². The van der Waals surface area contributed by atoms with E-state index in [1.165, 1.54) is 0 Å². The van der Waals surface area contributed by atoms with E-state index in [1.807, 2.05) is 43.3 Å². The molecule has 4 N–H and O–H groups in total. The van der Waals surface area contributed by atoms with E-state index in [4.69, 9.17) is 0 Å². The summed E-state index contributed by atoms with van der Waals surface area (Å²) in [4.78, 5) is 49.7. The summed E-state index contributed by atoms with van der Waals surface area (Å²) in [7, 11) is 0. The van der Waals surface area contributed by atoms with Crippen LogP contribution in [0.2, 0.25) is 0 Å². The quantitative estimate of drug-likeness (QED) is 0.312. The highest BCUT2D eigenvalue weighted by atomic mass is 32.2. The van der Waals surface area contributed by atoms with E-state index in [0.29, 0.717) is 5.69 Å². The maximum atomic E-state index is 12.8. The molecule has 0 saturated heterocycles. The second kappa shape index (κ2) is 10.7. The van der Waals surface area contributed by atoms with Gasteiger partial charge in [0.25, 0.3) is 5.91 Å². The van der Waals surface area contributed by atoms with Crippen molar-refractivity contribution in [2.45, 2.75) is 23.6 Å². The third-order valence-corrected chi connectivity index (χ3v) is 5.84. The van der Waals surface area contributed by atoms with E-state index >= 15 is 0 Å². The number of ketones is 1. The van der Waals surface area contributed by atoms with Crippen molar-refractivity contribution >= 4 is 46.8 Å². The smallest absolute Gasteiger partial charge is 0.336 e. The Morgan fingerprint density at radius 1 is 0.735 bits per heavy atom. The number of carboxylic acid groups (broad SMARTS) is 2. The van der Waals surface area contributed by atoms with Crippen LogP contribution < -0.4 is 10.6 Å². The molecule has 34 heavy (non-hydrogen) atoms. The predicted molar refractivity (Wildman–Crippen MR) is 129 cm³/mol. The van der Waals surface area contributed by atoms with Crippen molar-refractivity contribution in [1.29, 1.82) is 0 Å². The minimum atomic E-state index is -1.48. The first-order valence-corrected chi connectivity index (χ1v) is 11.1. The molecule has 3 rings (SSSR count). The van der Waals surface area contributed by atoms with Crippen molar-refractivity contribution in [1.82, 2.24) is 0 Å². The molecule has 174 valence electrons. The maximum absolute atomic E-state index is 12.8. The fourth-order valence-electron chi connectivity index (χ4n) is 3.22. The Balaban J connectivity index is 1.80. The Morgan fingerprint density at radius 2 is 1.21 bits per heavy atom. The zero-order valence-electron chi connectivity index (χ0n) is 18.4. The number of hydrogen-bond acceptors (Lipinski definition) is 6. The van der Waals surface area contributed by atoms with Gasteiger partial charge in [0.2, 0.25) is 0 Å². The topological polar surface area (TPSA) is 133 Å². The first kappa shape index (κ1) is 24.5. The highest BCUT2D eigenvalue weighted by molar-refractivity contribution is 7.99. The Bertz CT molecular complexity index is 1250. The number of carbonyl (C=O) groups excluding carboxylic acids is 2. The van der Waals surface area contributed by atoms with Crippen LogP contribution in [0.25, 0.3) is 0 Å². The van der Waals surface area contributed by atoms with Crippen LogP contribution in [0.1, 0.15) is 55.3 Å². The molecule has 0 heterocycles. The lowest BCUT2D eigenvalue weighted by molar-refractivity contribution is 0.0690. The Labute approximate surface area is 200 Å². The Morgan fingerprint density at radius 3 is 1.68 bits per heavy atom. The van der Waals surface area contributed by atoms with Gasteiger partial charge in [-0.3, -0.25) is 9.59 Å². The van der Waals surface area contributed by atoms with Gasteiger partial charge >= 0.3 is 11.9 Å². The zero-order chi connectivity index (χ0) is 24.8. The van der Waals surface area contributed by atoms with Crippen LogP contribution in [0.15, 0.2) is 70.5 Å². The molecule has 0 spiro atoms. The molecule has 1 amide bonds. The molecular formula is C25H22N2O6S. The minimum Gasteiger partial charge on any atom is -0.478 e. The molecule has 3 aromatic rings. The Kier molecular flexibility index (Phi) is 7.70. The first-order chi connectivity index (χ1) is 16.2. The van der Waals surface area contributed by atoms with Crippen LogP contribution in [-0.2, 0) is 0 Å². The van der Waals surface area contributed by atoms with Gasteiger partial charge in [0.15, 0.2) is 5.78 Å². The fraction of sp³-hybridized carbons (Fsp3) is 0.120. The summed E-state index contributed by atoms with van der Waals surface area (Å²) >= 11 is 1.54. The van der Waals surface area contributed by atoms with Gasteiger partial charge < -0.3 is 20.8 Å². The zero-order valence-corrected chi connectivity index (χ0v) is 19.2. The number of amides is 1. The summed E-state index contributed by atoms with van der Waals surface area (Å²) < 4.78 is 0. The SMILES string of the molecule is CCNc1ccc(Sc2ccc(NC(=O)c3cc(C(C)=O)c(C(=O)O)cc3C(=O)O)cc2)cc1. The number of Topliss-reactive ketones (excluding diaryl/α,β-unsaturated/α-hetero) is 1. The van der Waals surface area contributed by atoms with Gasteiger partial charge in [-0.1, -0.05) is 11.8 Å². The van der Waals surface area contributed by atoms with Gasteiger partial charge in [0.05, 0.1) is 16.7 Å². The summed E-state index contributed by atoms with van der Waals surface area (Å²) in [5, 5.41) is 24.6. The number of rotatable bonds is 9. The van der Waals surface area contributed by atoms with Crippen molar-refractivity contribution in [3.63, 3.8) is 0 Å². The lowest BCUT2D eigenvalue weighted by Gasteiger charge is -2.12. The van der Waals surface area contributed by atoms with Gasteiger partial charge in [-0.15, -0.1) is 0 Å². The molecule has 0 bridgehead atoms. The van der Waals surface area contributed by atoms with Crippen molar-refractivity contribution in [2.24, 2.45) is 0 Å². The molecular weight excluding hydrogens is 456 g/mol. The molecule has 0 radical (unpaired) electrons. The molecule has 0 atom stereocenters. The van der Waals surface area contributed by atoms with Crippen LogP contribution in [0.4, 0.5) is 11.4 Å². The number of hydrogen-bond donors (Lipinski definition) is 4. The summed E-state index contributed by atoms with van der Waals surface area (Å²) in [6.07, 6.45) is 0. The van der Waals surface area contributed by atoms with Crippen LogP contribution in [0.5, 0.6) is 0 Å². The fourth-order valence-corrected chi connectivity index (χ4v) is 4.03. The van der Waals surface area contributed by atoms with E-state index in [-0.39, 0.29) is 11.1 Å². The van der Waals surface area contributed by atoms with Crippen LogP contribution in [0, 0.1) is 0 Å². The number of carboxylic acids is 2. The van der Waals surface area contributed by atoms with Gasteiger partial charge in [-0.05, 0) is 74.5 Å². The highest BCUT2D eigenvalue weighted by Gasteiger charge is 2.24. The number of nitrogens with one attached hydrogen (secondary N) is 2. The van der Waals surface area contributed by atoms with Crippen molar-refractivity contribution < 1.29 is 29.4 Å². The molecule has 8 nitrogen and oxygen atoms in total. The van der Waals surface area contributed by atoms with E-state index in [2.05, 4.69) is 10.6 Å². The van der Waals surface area contributed by atoms with E-state index in [9.17, 15) is 29.4 Å². The van der Waals surface area contributed by atoms with Gasteiger partial charge in [0, 0.05) is 33.3 Å². The van der Waals surface area contributed by atoms with Crippen molar-refractivity contribution in [2.75, 3.05) is 17.2 Å². The summed E-state index contributed by atoms with van der Waals surface area (Å²) in [5.74, 6) is -4.29. The number of carbonyl (C=O) groups is 4. The molecule has 0 aliphatic heterocycles. The third-order valence-electron chi connectivity index (χ3n) is 4.83. The number of anilines is 2. The molecule has 0 aliphatic carbocycles. The van der Waals surface area contributed by atoms with Crippen molar-refractivity contribution in [3.05, 3.63) is 82.9 Å². The summed E-state index contributed by atoms with van der Waals surface area (Å²) in [5.41, 5.74) is -0.0688. The Hall–Kier alpha value is -4.11.